The van der Waals surface area contributed by atoms with Crippen molar-refractivity contribution in [3.05, 3.63) is 27.9 Å². The summed E-state index contributed by atoms with van der Waals surface area (Å²) in [5.41, 5.74) is 5.85. The maximum atomic E-state index is 11.3. The van der Waals surface area contributed by atoms with E-state index in [4.69, 9.17) is 10.5 Å². The van der Waals surface area contributed by atoms with Gasteiger partial charge in [-0.3, -0.25) is 4.79 Å². The molecule has 1 rings (SSSR count). The number of hydrogen-bond donors (Lipinski definition) is 2. The van der Waals surface area contributed by atoms with Crippen molar-refractivity contribution in [3.63, 3.8) is 0 Å². The molecule has 0 aromatic carbocycles. The molecule has 0 bridgehead atoms. The van der Waals surface area contributed by atoms with Gasteiger partial charge in [-0.25, -0.2) is 4.98 Å². The molecular formula is C10H17N3O2. The molecule has 0 amide bonds. The zero-order valence-electron chi connectivity index (χ0n) is 9.12. The van der Waals surface area contributed by atoms with E-state index in [0.29, 0.717) is 11.5 Å². The Bertz CT molecular complexity index is 362. The quantitative estimate of drug-likeness (QED) is 0.751. The van der Waals surface area contributed by atoms with Crippen molar-refractivity contribution >= 4 is 0 Å². The van der Waals surface area contributed by atoms with Crippen molar-refractivity contribution in [2.45, 2.75) is 32.4 Å². The molecular weight excluding hydrogens is 194 g/mol. The number of nitrogens with two attached hydrogens (primary N) is 1. The number of methoxy groups -OCH3 is 1. The molecule has 3 N–H and O–H groups in total. The lowest BCUT2D eigenvalue weighted by Crippen LogP contribution is -2.18. The van der Waals surface area contributed by atoms with Crippen LogP contribution in [0.3, 0.4) is 0 Å². The molecule has 1 aromatic rings. The van der Waals surface area contributed by atoms with Gasteiger partial charge in [-0.05, 0) is 6.42 Å². The number of H-pyrrole nitrogens is 1. The second-order valence-corrected chi connectivity index (χ2v) is 3.34. The number of aromatic amines is 1. The first kappa shape index (κ1) is 11.9. The van der Waals surface area contributed by atoms with Crippen LogP contribution in [0.2, 0.25) is 0 Å². The van der Waals surface area contributed by atoms with Gasteiger partial charge >= 0.3 is 0 Å². The molecule has 0 saturated heterocycles. The molecule has 84 valence electrons. The van der Waals surface area contributed by atoms with Gasteiger partial charge in [0.2, 0.25) is 0 Å². The third-order valence-electron chi connectivity index (χ3n) is 2.16. The van der Waals surface area contributed by atoms with Crippen LogP contribution in [-0.2, 0) is 11.3 Å². The topological polar surface area (TPSA) is 81.0 Å². The highest BCUT2D eigenvalue weighted by atomic mass is 16.5. The highest BCUT2D eigenvalue weighted by Gasteiger charge is 2.12. The minimum Gasteiger partial charge on any atom is -0.374 e. The molecule has 0 radical (unpaired) electrons. The van der Waals surface area contributed by atoms with Crippen LogP contribution in [0.4, 0.5) is 0 Å². The number of rotatable bonds is 5. The Hall–Kier alpha value is -1.20. The van der Waals surface area contributed by atoms with E-state index in [-0.39, 0.29) is 18.2 Å². The van der Waals surface area contributed by atoms with Crippen molar-refractivity contribution in [1.82, 2.24) is 9.97 Å². The van der Waals surface area contributed by atoms with Crippen molar-refractivity contribution in [2.24, 2.45) is 5.73 Å². The van der Waals surface area contributed by atoms with Crippen molar-refractivity contribution in [2.75, 3.05) is 7.11 Å². The highest BCUT2D eigenvalue weighted by Crippen LogP contribution is 2.17. The molecule has 0 saturated carbocycles. The van der Waals surface area contributed by atoms with E-state index in [1.54, 1.807) is 7.11 Å². The molecule has 0 aliphatic rings. The van der Waals surface area contributed by atoms with Crippen LogP contribution in [0.5, 0.6) is 0 Å². The second-order valence-electron chi connectivity index (χ2n) is 3.34. The monoisotopic (exact) mass is 211 g/mol. The Morgan fingerprint density at radius 3 is 2.93 bits per heavy atom. The summed E-state index contributed by atoms with van der Waals surface area (Å²) in [5, 5.41) is 0. The molecule has 1 unspecified atom stereocenters. The van der Waals surface area contributed by atoms with Gasteiger partial charge in [0.25, 0.3) is 5.56 Å². The van der Waals surface area contributed by atoms with E-state index < -0.39 is 0 Å². The SMILES string of the molecule is CCCC(OC)c1nc(CN)cc(=O)[nH]1. The van der Waals surface area contributed by atoms with E-state index in [0.717, 1.165) is 12.8 Å². The predicted octanol–water partition coefficient (Wildman–Crippen LogP) is 0.716. The van der Waals surface area contributed by atoms with E-state index in [2.05, 4.69) is 16.9 Å². The summed E-state index contributed by atoms with van der Waals surface area (Å²) in [6.07, 6.45) is 1.64. The van der Waals surface area contributed by atoms with Gasteiger partial charge in [-0.2, -0.15) is 0 Å². The van der Waals surface area contributed by atoms with E-state index in [9.17, 15) is 4.79 Å². The Morgan fingerprint density at radius 1 is 1.67 bits per heavy atom. The van der Waals surface area contributed by atoms with Crippen molar-refractivity contribution < 1.29 is 4.74 Å². The lowest BCUT2D eigenvalue weighted by atomic mass is 10.2. The van der Waals surface area contributed by atoms with Gasteiger partial charge in [0, 0.05) is 19.7 Å². The largest absolute Gasteiger partial charge is 0.374 e. The summed E-state index contributed by atoms with van der Waals surface area (Å²) in [6, 6.07) is 1.40. The summed E-state index contributed by atoms with van der Waals surface area (Å²) >= 11 is 0. The molecule has 1 heterocycles. The fraction of sp³-hybridized carbons (Fsp3) is 0.600. The maximum absolute atomic E-state index is 11.3. The number of nitrogens with zero attached hydrogens (tertiary/aromatic N) is 1. The molecule has 15 heavy (non-hydrogen) atoms. The second kappa shape index (κ2) is 5.63. The van der Waals surface area contributed by atoms with Crippen LogP contribution in [0.1, 0.15) is 37.4 Å². The first-order valence-corrected chi connectivity index (χ1v) is 5.04. The van der Waals surface area contributed by atoms with Gasteiger partial charge in [-0.1, -0.05) is 13.3 Å². The van der Waals surface area contributed by atoms with E-state index >= 15 is 0 Å². The Balaban J connectivity index is 3.00. The van der Waals surface area contributed by atoms with Gasteiger partial charge in [-0.15, -0.1) is 0 Å². The van der Waals surface area contributed by atoms with Crippen LogP contribution in [0.25, 0.3) is 0 Å². The first-order chi connectivity index (χ1) is 7.21. The molecule has 0 fully saturated rings. The maximum Gasteiger partial charge on any atom is 0.251 e. The molecule has 0 aliphatic heterocycles. The van der Waals surface area contributed by atoms with Crippen molar-refractivity contribution in [3.8, 4) is 0 Å². The average Bonchev–Trinajstić information content (AvgIpc) is 2.24. The molecule has 5 nitrogen and oxygen atoms in total. The minimum atomic E-state index is -0.182. The molecule has 5 heteroatoms. The lowest BCUT2D eigenvalue weighted by Gasteiger charge is -2.13. The molecule has 1 atom stereocenters. The molecule has 1 aromatic heterocycles. The van der Waals surface area contributed by atoms with E-state index in [1.165, 1.54) is 6.07 Å². The van der Waals surface area contributed by atoms with Crippen LogP contribution < -0.4 is 11.3 Å². The fourth-order valence-corrected chi connectivity index (χ4v) is 1.41. The van der Waals surface area contributed by atoms with Gasteiger partial charge in [0.05, 0.1) is 5.69 Å². The van der Waals surface area contributed by atoms with Crippen LogP contribution in [0.15, 0.2) is 10.9 Å². The smallest absolute Gasteiger partial charge is 0.251 e. The zero-order valence-corrected chi connectivity index (χ0v) is 9.12. The number of hydrogen-bond acceptors (Lipinski definition) is 4. The summed E-state index contributed by atoms with van der Waals surface area (Å²) in [4.78, 5) is 18.2. The van der Waals surface area contributed by atoms with Gasteiger partial charge in [0.1, 0.15) is 11.9 Å². The average molecular weight is 211 g/mol. The molecule has 0 spiro atoms. The van der Waals surface area contributed by atoms with Crippen LogP contribution in [0, 0.1) is 0 Å². The summed E-state index contributed by atoms with van der Waals surface area (Å²) in [5.74, 6) is 0.562. The summed E-state index contributed by atoms with van der Waals surface area (Å²) < 4.78 is 5.26. The van der Waals surface area contributed by atoms with Crippen molar-refractivity contribution in [1.29, 1.82) is 0 Å². The van der Waals surface area contributed by atoms with Crippen LogP contribution >= 0.6 is 0 Å². The third-order valence-corrected chi connectivity index (χ3v) is 2.16. The van der Waals surface area contributed by atoms with E-state index in [1.807, 2.05) is 0 Å². The standard InChI is InChI=1S/C10H17N3O2/c1-3-4-8(15-2)10-12-7(6-11)5-9(14)13-10/h5,8H,3-4,6,11H2,1-2H3,(H,12,13,14). The summed E-state index contributed by atoms with van der Waals surface area (Å²) in [6.45, 7) is 2.32. The predicted molar refractivity (Wildman–Crippen MR) is 57.4 cm³/mol. The third kappa shape index (κ3) is 3.14. The number of nitrogens with one attached hydrogen (secondary N) is 1. The van der Waals surface area contributed by atoms with Gasteiger partial charge < -0.3 is 15.5 Å². The minimum absolute atomic E-state index is 0.158. The number of aromatic nitrogens is 2. The Kier molecular flexibility index (Phi) is 4.45. The fourth-order valence-electron chi connectivity index (χ4n) is 1.41. The Labute approximate surface area is 88.7 Å². The Morgan fingerprint density at radius 2 is 2.40 bits per heavy atom. The normalized spacial score (nSPS) is 12.7. The highest BCUT2D eigenvalue weighted by molar-refractivity contribution is 5.04. The number of ether oxygens (including phenoxy) is 1. The zero-order chi connectivity index (χ0) is 11.3. The summed E-state index contributed by atoms with van der Waals surface area (Å²) in [7, 11) is 1.61. The lowest BCUT2D eigenvalue weighted by molar-refractivity contribution is 0.0872. The first-order valence-electron chi connectivity index (χ1n) is 5.04. The van der Waals surface area contributed by atoms with Crippen LogP contribution in [-0.4, -0.2) is 17.1 Å². The van der Waals surface area contributed by atoms with Gasteiger partial charge in [0.15, 0.2) is 0 Å². The molecule has 0 aliphatic carbocycles.